The number of halogens is 3. The normalized spacial score (nSPS) is 17.4. The van der Waals surface area contributed by atoms with E-state index in [1.807, 2.05) is 0 Å². The van der Waals surface area contributed by atoms with E-state index in [4.69, 9.17) is 11.6 Å². The fourth-order valence-electron chi connectivity index (χ4n) is 1.85. The standard InChI is InChI=1S/C12H12Br2ClNO/c13-7-12(4-1-5-12)16-11(17)8-2-3-10(15)9(14)6-8/h2-3,6H,1,4-5,7H2,(H,16,17). The second-order valence-corrected chi connectivity index (χ2v) is 6.17. The van der Waals surface area contributed by atoms with Crippen LogP contribution in [0.15, 0.2) is 22.7 Å². The summed E-state index contributed by atoms with van der Waals surface area (Å²) in [5, 5.41) is 4.51. The molecule has 0 saturated heterocycles. The molecule has 0 spiro atoms. The summed E-state index contributed by atoms with van der Waals surface area (Å²) in [6.45, 7) is 0. The number of benzene rings is 1. The minimum atomic E-state index is -0.0524. The Bertz CT molecular complexity index is 441. The maximum atomic E-state index is 12.1. The first-order chi connectivity index (χ1) is 8.06. The molecule has 2 rings (SSSR count). The van der Waals surface area contributed by atoms with E-state index in [0.29, 0.717) is 10.6 Å². The quantitative estimate of drug-likeness (QED) is 0.783. The van der Waals surface area contributed by atoms with E-state index in [2.05, 4.69) is 37.2 Å². The molecule has 0 unspecified atom stereocenters. The summed E-state index contributed by atoms with van der Waals surface area (Å²) >= 11 is 12.7. The van der Waals surface area contributed by atoms with Gasteiger partial charge in [-0.15, -0.1) is 0 Å². The van der Waals surface area contributed by atoms with Crippen LogP contribution in [0.2, 0.25) is 5.02 Å². The summed E-state index contributed by atoms with van der Waals surface area (Å²) in [5.41, 5.74) is 0.580. The van der Waals surface area contributed by atoms with Crippen LogP contribution in [0, 0.1) is 0 Å². The molecule has 1 aliphatic carbocycles. The molecule has 0 bridgehead atoms. The Morgan fingerprint density at radius 3 is 2.65 bits per heavy atom. The predicted molar refractivity (Wildman–Crippen MR) is 77.0 cm³/mol. The van der Waals surface area contributed by atoms with Gasteiger partial charge in [0.2, 0.25) is 0 Å². The molecule has 1 saturated carbocycles. The average molecular weight is 381 g/mol. The van der Waals surface area contributed by atoms with Gasteiger partial charge in [0, 0.05) is 15.4 Å². The van der Waals surface area contributed by atoms with Gasteiger partial charge in [0.25, 0.3) is 5.91 Å². The summed E-state index contributed by atoms with van der Waals surface area (Å²) < 4.78 is 0.744. The highest BCUT2D eigenvalue weighted by atomic mass is 79.9. The summed E-state index contributed by atoms with van der Waals surface area (Å²) in [4.78, 5) is 12.1. The van der Waals surface area contributed by atoms with Crippen molar-refractivity contribution in [1.82, 2.24) is 5.32 Å². The number of amides is 1. The number of alkyl halides is 1. The largest absolute Gasteiger partial charge is 0.346 e. The second-order valence-electron chi connectivity index (χ2n) is 4.35. The third-order valence-electron chi connectivity index (χ3n) is 3.13. The maximum absolute atomic E-state index is 12.1. The summed E-state index contributed by atoms with van der Waals surface area (Å²) in [5.74, 6) is -0.0403. The Kier molecular flexibility index (Phi) is 4.16. The number of carbonyl (C=O) groups is 1. The molecule has 1 fully saturated rings. The molecule has 1 amide bonds. The molecule has 1 aromatic carbocycles. The third kappa shape index (κ3) is 2.85. The van der Waals surface area contributed by atoms with Crippen LogP contribution in [0.1, 0.15) is 29.6 Å². The van der Waals surface area contributed by atoms with Gasteiger partial charge >= 0.3 is 0 Å². The average Bonchev–Trinajstić information content (AvgIpc) is 2.27. The van der Waals surface area contributed by atoms with Gasteiger partial charge in [0.1, 0.15) is 0 Å². The lowest BCUT2D eigenvalue weighted by Gasteiger charge is -2.41. The molecule has 1 aliphatic rings. The molecule has 1 aromatic rings. The Morgan fingerprint density at radius 2 is 2.18 bits per heavy atom. The van der Waals surface area contributed by atoms with Crippen molar-refractivity contribution in [3.8, 4) is 0 Å². The zero-order chi connectivity index (χ0) is 12.5. The van der Waals surface area contributed by atoms with Gasteiger partial charge in [-0.2, -0.15) is 0 Å². The van der Waals surface area contributed by atoms with Crippen molar-refractivity contribution in [2.24, 2.45) is 0 Å². The van der Waals surface area contributed by atoms with Crippen LogP contribution >= 0.6 is 43.5 Å². The van der Waals surface area contributed by atoms with Crippen molar-refractivity contribution in [2.45, 2.75) is 24.8 Å². The molecule has 0 aromatic heterocycles. The molecule has 0 heterocycles. The SMILES string of the molecule is O=C(NC1(CBr)CCC1)c1ccc(Cl)c(Br)c1. The number of hydrogen-bond donors (Lipinski definition) is 1. The predicted octanol–water partition coefficient (Wildman–Crippen LogP) is 4.15. The third-order valence-corrected chi connectivity index (χ3v) is 5.41. The van der Waals surface area contributed by atoms with Crippen molar-refractivity contribution >= 4 is 49.4 Å². The zero-order valence-electron chi connectivity index (χ0n) is 9.10. The van der Waals surface area contributed by atoms with E-state index in [-0.39, 0.29) is 11.4 Å². The molecular weight excluding hydrogens is 369 g/mol. The molecular formula is C12H12Br2ClNO. The minimum absolute atomic E-state index is 0.0403. The molecule has 0 atom stereocenters. The number of hydrogen-bond acceptors (Lipinski definition) is 1. The van der Waals surface area contributed by atoms with Crippen LogP contribution in [0.3, 0.4) is 0 Å². The van der Waals surface area contributed by atoms with Crippen molar-refractivity contribution in [2.75, 3.05) is 5.33 Å². The summed E-state index contributed by atoms with van der Waals surface area (Å²) in [7, 11) is 0. The van der Waals surface area contributed by atoms with Gasteiger partial charge < -0.3 is 5.32 Å². The molecule has 17 heavy (non-hydrogen) atoms. The lowest BCUT2D eigenvalue weighted by Crippen LogP contribution is -2.54. The van der Waals surface area contributed by atoms with Crippen molar-refractivity contribution in [3.63, 3.8) is 0 Å². The van der Waals surface area contributed by atoms with Crippen LogP contribution in [0.5, 0.6) is 0 Å². The van der Waals surface area contributed by atoms with Crippen molar-refractivity contribution in [1.29, 1.82) is 0 Å². The molecule has 5 heteroatoms. The summed E-state index contributed by atoms with van der Waals surface area (Å²) in [6.07, 6.45) is 3.26. The first-order valence-electron chi connectivity index (χ1n) is 5.40. The number of nitrogens with one attached hydrogen (secondary N) is 1. The van der Waals surface area contributed by atoms with Crippen LogP contribution in [0.25, 0.3) is 0 Å². The molecule has 0 aliphatic heterocycles. The fraction of sp³-hybridized carbons (Fsp3) is 0.417. The molecule has 2 nitrogen and oxygen atoms in total. The Balaban J connectivity index is 2.11. The van der Waals surface area contributed by atoms with Gasteiger partial charge in [0.15, 0.2) is 0 Å². The van der Waals surface area contributed by atoms with Crippen molar-refractivity contribution < 1.29 is 4.79 Å². The fourth-order valence-corrected chi connectivity index (χ4v) is 3.04. The molecule has 1 N–H and O–H groups in total. The van der Waals surface area contributed by atoms with E-state index in [1.54, 1.807) is 18.2 Å². The van der Waals surface area contributed by atoms with Crippen LogP contribution in [-0.4, -0.2) is 16.8 Å². The van der Waals surface area contributed by atoms with Gasteiger partial charge in [0.05, 0.1) is 10.6 Å². The lowest BCUT2D eigenvalue weighted by atomic mass is 9.78. The Hall–Kier alpha value is -0.0600. The highest BCUT2D eigenvalue weighted by Crippen LogP contribution is 2.34. The maximum Gasteiger partial charge on any atom is 0.251 e. The van der Waals surface area contributed by atoms with Gasteiger partial charge in [-0.05, 0) is 53.4 Å². The summed E-state index contributed by atoms with van der Waals surface area (Å²) in [6, 6.07) is 5.21. The van der Waals surface area contributed by atoms with Gasteiger partial charge in [-0.1, -0.05) is 27.5 Å². The van der Waals surface area contributed by atoms with E-state index in [9.17, 15) is 4.79 Å². The van der Waals surface area contributed by atoms with Crippen LogP contribution in [-0.2, 0) is 0 Å². The van der Waals surface area contributed by atoms with E-state index < -0.39 is 0 Å². The highest BCUT2D eigenvalue weighted by Gasteiger charge is 2.37. The van der Waals surface area contributed by atoms with Crippen LogP contribution < -0.4 is 5.32 Å². The lowest BCUT2D eigenvalue weighted by molar-refractivity contribution is 0.0856. The molecule has 92 valence electrons. The zero-order valence-corrected chi connectivity index (χ0v) is 13.0. The Labute approximate surface area is 122 Å². The smallest absolute Gasteiger partial charge is 0.251 e. The topological polar surface area (TPSA) is 29.1 Å². The van der Waals surface area contributed by atoms with Gasteiger partial charge in [-0.3, -0.25) is 4.79 Å². The first kappa shape index (κ1) is 13.4. The van der Waals surface area contributed by atoms with E-state index in [1.165, 1.54) is 6.42 Å². The second kappa shape index (κ2) is 5.29. The minimum Gasteiger partial charge on any atom is -0.346 e. The van der Waals surface area contributed by atoms with E-state index in [0.717, 1.165) is 22.6 Å². The highest BCUT2D eigenvalue weighted by molar-refractivity contribution is 9.10. The van der Waals surface area contributed by atoms with Crippen LogP contribution in [0.4, 0.5) is 0 Å². The molecule has 0 radical (unpaired) electrons. The number of rotatable bonds is 3. The monoisotopic (exact) mass is 379 g/mol. The number of carbonyl (C=O) groups excluding carboxylic acids is 1. The van der Waals surface area contributed by atoms with Crippen molar-refractivity contribution in [3.05, 3.63) is 33.3 Å². The first-order valence-corrected chi connectivity index (χ1v) is 7.69. The Morgan fingerprint density at radius 1 is 1.47 bits per heavy atom. The van der Waals surface area contributed by atoms with Gasteiger partial charge in [-0.25, -0.2) is 0 Å². The van der Waals surface area contributed by atoms with E-state index >= 15 is 0 Å².